The van der Waals surface area contributed by atoms with Crippen molar-refractivity contribution in [2.45, 2.75) is 37.2 Å². The lowest BCUT2D eigenvalue weighted by atomic mass is 9.97. The molecule has 3 aromatic rings. The van der Waals surface area contributed by atoms with Crippen molar-refractivity contribution in [2.75, 3.05) is 19.6 Å². The van der Waals surface area contributed by atoms with Crippen LogP contribution in [0.4, 0.5) is 0 Å². The normalized spacial score (nSPS) is 16.5. The maximum absolute atomic E-state index is 12.8. The van der Waals surface area contributed by atoms with Gasteiger partial charge in [-0.15, -0.1) is 11.3 Å². The first-order chi connectivity index (χ1) is 15.9. The third kappa shape index (κ3) is 6.11. The van der Waals surface area contributed by atoms with Crippen molar-refractivity contribution in [3.05, 3.63) is 76.4 Å². The van der Waals surface area contributed by atoms with Gasteiger partial charge in [0.2, 0.25) is 10.0 Å². The first kappa shape index (κ1) is 23.7. The van der Waals surface area contributed by atoms with Crippen LogP contribution in [0.1, 0.15) is 46.8 Å². The van der Waals surface area contributed by atoms with Crippen LogP contribution >= 0.6 is 11.3 Å². The molecule has 2 aromatic heterocycles. The summed E-state index contributed by atoms with van der Waals surface area (Å²) in [5.74, 6) is 1.05. The van der Waals surface area contributed by atoms with E-state index in [0.29, 0.717) is 17.9 Å². The minimum absolute atomic E-state index is 0.0664. The highest BCUT2D eigenvalue weighted by Gasteiger charge is 2.26. The van der Waals surface area contributed by atoms with Crippen LogP contribution in [0.5, 0.6) is 0 Å². The monoisotopic (exact) mass is 487 g/mol. The van der Waals surface area contributed by atoms with Gasteiger partial charge in [-0.25, -0.2) is 13.1 Å². The second-order valence-electron chi connectivity index (χ2n) is 8.39. The zero-order valence-electron chi connectivity index (χ0n) is 18.6. The summed E-state index contributed by atoms with van der Waals surface area (Å²) in [4.78, 5) is 16.6. The molecule has 0 saturated carbocycles. The maximum Gasteiger partial charge on any atom is 0.251 e. The quantitative estimate of drug-likeness (QED) is 0.476. The summed E-state index contributed by atoms with van der Waals surface area (Å²) in [6.45, 7) is 4.92. The third-order valence-electron chi connectivity index (χ3n) is 6.03. The summed E-state index contributed by atoms with van der Waals surface area (Å²) in [6, 6.07) is 13.7. The topological polar surface area (TPSA) is 91.7 Å². The SMILES string of the molecule is CC1CCN(C(CNC(=O)c2ccc(S(=O)(=O)NCc3ccco3)cc2)c2cccs2)CC1. The fraction of sp³-hybridized carbons (Fsp3) is 0.375. The van der Waals surface area contributed by atoms with E-state index in [4.69, 9.17) is 4.42 Å². The number of rotatable bonds is 9. The van der Waals surface area contributed by atoms with E-state index in [1.54, 1.807) is 35.6 Å². The molecule has 0 radical (unpaired) electrons. The van der Waals surface area contributed by atoms with Gasteiger partial charge in [0.05, 0.1) is 23.7 Å². The first-order valence-corrected chi connectivity index (χ1v) is 13.5. The Bertz CT molecular complexity index is 1120. The Balaban J connectivity index is 1.37. The predicted molar refractivity (Wildman–Crippen MR) is 129 cm³/mol. The second kappa shape index (κ2) is 10.6. The highest BCUT2D eigenvalue weighted by molar-refractivity contribution is 7.89. The number of carbonyl (C=O) groups excluding carboxylic acids is 1. The summed E-state index contributed by atoms with van der Waals surface area (Å²) in [5, 5.41) is 5.11. The fourth-order valence-corrected chi connectivity index (χ4v) is 5.82. The van der Waals surface area contributed by atoms with E-state index in [-0.39, 0.29) is 23.4 Å². The molecule has 1 unspecified atom stereocenters. The van der Waals surface area contributed by atoms with Crippen molar-refractivity contribution in [3.63, 3.8) is 0 Å². The second-order valence-corrected chi connectivity index (χ2v) is 11.1. The summed E-state index contributed by atoms with van der Waals surface area (Å²) in [7, 11) is -3.70. The van der Waals surface area contributed by atoms with Crippen molar-refractivity contribution >= 4 is 27.3 Å². The van der Waals surface area contributed by atoms with E-state index in [0.717, 1.165) is 19.0 Å². The number of likely N-dealkylation sites (tertiary alicyclic amines) is 1. The number of hydrogen-bond acceptors (Lipinski definition) is 6. The highest BCUT2D eigenvalue weighted by Crippen LogP contribution is 2.29. The van der Waals surface area contributed by atoms with Crippen molar-refractivity contribution in [1.82, 2.24) is 14.9 Å². The van der Waals surface area contributed by atoms with Crippen molar-refractivity contribution in [1.29, 1.82) is 0 Å². The van der Waals surface area contributed by atoms with E-state index >= 15 is 0 Å². The highest BCUT2D eigenvalue weighted by atomic mass is 32.2. The van der Waals surface area contributed by atoms with Crippen LogP contribution in [0, 0.1) is 5.92 Å². The summed E-state index contributed by atoms with van der Waals surface area (Å²) < 4.78 is 32.6. The Labute approximate surface area is 198 Å². The molecule has 2 N–H and O–H groups in total. The standard InChI is InChI=1S/C24H29N3O4S2/c1-18-10-12-27(13-11-18)22(23-5-3-15-32-23)17-25-24(28)19-6-8-21(9-7-19)33(29,30)26-16-20-4-2-14-31-20/h2-9,14-15,18,22,26H,10-13,16-17H2,1H3,(H,25,28). The Kier molecular flexibility index (Phi) is 7.64. The Hall–Kier alpha value is -2.46. The van der Waals surface area contributed by atoms with Gasteiger partial charge in [-0.1, -0.05) is 13.0 Å². The molecule has 0 aliphatic carbocycles. The lowest BCUT2D eigenvalue weighted by Crippen LogP contribution is -2.41. The minimum atomic E-state index is -3.70. The molecule has 0 spiro atoms. The molecule has 3 heterocycles. The van der Waals surface area contributed by atoms with Crippen LogP contribution in [0.25, 0.3) is 0 Å². The molecule has 9 heteroatoms. The average molecular weight is 488 g/mol. The number of benzene rings is 1. The lowest BCUT2D eigenvalue weighted by Gasteiger charge is -2.36. The zero-order valence-corrected chi connectivity index (χ0v) is 20.2. The van der Waals surface area contributed by atoms with Crippen molar-refractivity contribution in [2.24, 2.45) is 5.92 Å². The van der Waals surface area contributed by atoms with E-state index in [1.165, 1.54) is 36.1 Å². The smallest absolute Gasteiger partial charge is 0.251 e. The van der Waals surface area contributed by atoms with Crippen molar-refractivity contribution < 1.29 is 17.6 Å². The number of nitrogens with zero attached hydrogens (tertiary/aromatic N) is 1. The molecule has 1 aromatic carbocycles. The Morgan fingerprint density at radius 1 is 1.15 bits per heavy atom. The van der Waals surface area contributed by atoms with Crippen LogP contribution in [0.3, 0.4) is 0 Å². The van der Waals surface area contributed by atoms with Gasteiger partial charge in [-0.05, 0) is 79.7 Å². The minimum Gasteiger partial charge on any atom is -0.468 e. The van der Waals surface area contributed by atoms with Gasteiger partial charge in [0.15, 0.2) is 0 Å². The Morgan fingerprint density at radius 3 is 2.55 bits per heavy atom. The van der Waals surface area contributed by atoms with Gasteiger partial charge >= 0.3 is 0 Å². The van der Waals surface area contributed by atoms with E-state index in [2.05, 4.69) is 33.3 Å². The number of hydrogen-bond donors (Lipinski definition) is 2. The largest absolute Gasteiger partial charge is 0.468 e. The van der Waals surface area contributed by atoms with Crippen LogP contribution in [-0.4, -0.2) is 38.9 Å². The number of amides is 1. The fourth-order valence-electron chi connectivity index (χ4n) is 3.97. The van der Waals surface area contributed by atoms with Crippen molar-refractivity contribution in [3.8, 4) is 0 Å². The molecule has 4 rings (SSSR count). The molecule has 1 aliphatic heterocycles. The van der Waals surface area contributed by atoms with Crippen LogP contribution in [0.2, 0.25) is 0 Å². The van der Waals surface area contributed by atoms with Crippen LogP contribution in [-0.2, 0) is 16.6 Å². The first-order valence-electron chi connectivity index (χ1n) is 11.1. The number of carbonyl (C=O) groups is 1. The van der Waals surface area contributed by atoms with Gasteiger partial charge in [0.1, 0.15) is 5.76 Å². The molecule has 1 fully saturated rings. The molecule has 0 bridgehead atoms. The average Bonchev–Trinajstić information content (AvgIpc) is 3.54. The van der Waals surface area contributed by atoms with Gasteiger partial charge in [0, 0.05) is 17.0 Å². The van der Waals surface area contributed by atoms with Crippen LogP contribution < -0.4 is 10.0 Å². The van der Waals surface area contributed by atoms with Gasteiger partial charge < -0.3 is 9.73 Å². The molecule has 1 aliphatic rings. The lowest BCUT2D eigenvalue weighted by molar-refractivity contribution is 0.0915. The van der Waals surface area contributed by atoms with Gasteiger partial charge in [-0.3, -0.25) is 9.69 Å². The number of sulfonamides is 1. The van der Waals surface area contributed by atoms with E-state index in [1.807, 2.05) is 6.07 Å². The molecule has 1 amide bonds. The third-order valence-corrected chi connectivity index (χ3v) is 8.42. The van der Waals surface area contributed by atoms with Gasteiger partial charge in [-0.2, -0.15) is 0 Å². The molecule has 1 saturated heterocycles. The summed E-state index contributed by atoms with van der Waals surface area (Å²) in [5.41, 5.74) is 0.428. The molecular formula is C24H29N3O4S2. The number of furan rings is 1. The van der Waals surface area contributed by atoms with E-state index in [9.17, 15) is 13.2 Å². The van der Waals surface area contributed by atoms with E-state index < -0.39 is 10.0 Å². The molecular weight excluding hydrogens is 458 g/mol. The summed E-state index contributed by atoms with van der Waals surface area (Å²) >= 11 is 1.71. The predicted octanol–water partition coefficient (Wildman–Crippen LogP) is 4.02. The number of nitrogens with one attached hydrogen (secondary N) is 2. The number of thiophene rings is 1. The molecule has 176 valence electrons. The van der Waals surface area contributed by atoms with Crippen LogP contribution in [0.15, 0.2) is 69.5 Å². The molecule has 1 atom stereocenters. The molecule has 33 heavy (non-hydrogen) atoms. The number of piperidine rings is 1. The maximum atomic E-state index is 12.8. The molecule has 7 nitrogen and oxygen atoms in total. The Morgan fingerprint density at radius 2 is 1.91 bits per heavy atom. The zero-order chi connectivity index (χ0) is 23.3. The van der Waals surface area contributed by atoms with Gasteiger partial charge in [0.25, 0.3) is 5.91 Å². The summed E-state index contributed by atoms with van der Waals surface area (Å²) in [6.07, 6.45) is 3.82.